The lowest BCUT2D eigenvalue weighted by Crippen LogP contribution is -2.64. The van der Waals surface area contributed by atoms with Crippen molar-refractivity contribution < 1.29 is 25.0 Å². The lowest BCUT2D eigenvalue weighted by Gasteiger charge is -2.41. The zero-order chi connectivity index (χ0) is 62.8. The Balaban J connectivity index is 1.56. The van der Waals surface area contributed by atoms with Crippen LogP contribution >= 0.6 is 0 Å². The second kappa shape index (κ2) is 30.7. The van der Waals surface area contributed by atoms with Gasteiger partial charge >= 0.3 is 44.3 Å². The Bertz CT molecular complexity index is 3070. The summed E-state index contributed by atoms with van der Waals surface area (Å²) in [6.45, 7) is 43.8. The van der Waals surface area contributed by atoms with Gasteiger partial charge in [-0.25, -0.2) is 0 Å². The monoisotopic (exact) mass is 1190 g/mol. The van der Waals surface area contributed by atoms with Gasteiger partial charge in [0.15, 0.2) is 0 Å². The summed E-state index contributed by atoms with van der Waals surface area (Å²) < 4.78 is 36.1. The first-order chi connectivity index (χ1) is 40.8. The van der Waals surface area contributed by atoms with Crippen molar-refractivity contribution in [1.82, 2.24) is 0 Å². The van der Waals surface area contributed by atoms with E-state index in [1.807, 2.05) is 48.5 Å². The van der Waals surface area contributed by atoms with Gasteiger partial charge < -0.3 is 32.8 Å². The first-order valence-corrected chi connectivity index (χ1v) is 34.3. The smallest absolute Gasteiger partial charge is 0.500 e. The molecule has 1 heterocycles. The molecule has 0 bridgehead atoms. The molecule has 1 fully saturated rings. The summed E-state index contributed by atoms with van der Waals surface area (Å²) in [6.07, 6.45) is 4.34. The van der Waals surface area contributed by atoms with Crippen LogP contribution in [0.4, 0.5) is 22.7 Å². The van der Waals surface area contributed by atoms with Crippen molar-refractivity contribution >= 4 is 89.4 Å². The second-order valence-corrected chi connectivity index (χ2v) is 29.2. The molecular weight excluding hydrogens is 1090 g/mol. The lowest BCUT2D eigenvalue weighted by atomic mass is 9.79. The molecule has 14 heteroatoms. The highest BCUT2D eigenvalue weighted by atomic mass is 27.2. The average molecular weight is 1190 g/mol. The van der Waals surface area contributed by atoms with Crippen molar-refractivity contribution in [1.29, 1.82) is 0 Å². The van der Waals surface area contributed by atoms with Crippen LogP contribution in [-0.4, -0.2) is 65.9 Å². The van der Waals surface area contributed by atoms with Crippen molar-refractivity contribution in [2.75, 3.05) is 7.77 Å². The minimum absolute atomic E-state index is 0.114. The molecule has 1 aliphatic rings. The molecule has 10 nitrogen and oxygen atoms in total. The number of hydrogen-bond acceptors (Lipinski definition) is 10. The Hall–Kier alpha value is -5.31. The van der Waals surface area contributed by atoms with Gasteiger partial charge in [0.05, 0.1) is 24.6 Å². The molecule has 0 saturated carbocycles. The van der Waals surface area contributed by atoms with E-state index >= 15 is 0 Å². The van der Waals surface area contributed by atoms with E-state index in [-0.39, 0.29) is 60.6 Å². The highest BCUT2D eigenvalue weighted by molar-refractivity contribution is 6.83. The number of para-hydroxylation sites is 4. The number of nitrogens with zero attached hydrogens (tertiary/aromatic N) is 4. The van der Waals surface area contributed by atoms with E-state index in [9.17, 15) is 10.2 Å². The Morgan fingerprint density at radius 2 is 0.640 bits per heavy atom. The maximum Gasteiger partial charge on any atom is 0.826 e. The lowest BCUT2D eigenvalue weighted by molar-refractivity contribution is 0.281. The van der Waals surface area contributed by atoms with Gasteiger partial charge in [-0.3, -0.25) is 9.98 Å². The van der Waals surface area contributed by atoms with Crippen LogP contribution in [0.15, 0.2) is 155 Å². The SMILES string of the molecule is CC(/C=C(\C)[N](c1c(C(C)C)cccc1C(C)C)[Al]1[O]B(c2cccc(CO)c2)[O][Al]([N](/C(C)=C/C(C)=Nc2c(C(C)C)cccc2C(C)C)c2c(C(C)C)cccc2C(C)C)[O]B(c2cccc(CO)c2)[O]1)=Nc1c(C(C)C)cccc1C(C)C. The van der Waals surface area contributed by atoms with Gasteiger partial charge in [-0.05, 0) is 165 Å². The van der Waals surface area contributed by atoms with Gasteiger partial charge in [-0.1, -0.05) is 232 Å². The molecule has 0 unspecified atom stereocenters. The number of aliphatic hydroxyl groups is 2. The maximum atomic E-state index is 10.8. The summed E-state index contributed by atoms with van der Waals surface area (Å²) in [5.74, 6) is 1.52. The molecule has 0 atom stereocenters. The third kappa shape index (κ3) is 16.3. The van der Waals surface area contributed by atoms with E-state index in [1.165, 1.54) is 22.3 Å². The fraction of sp³-hybridized carbons (Fsp3) is 0.417. The van der Waals surface area contributed by atoms with Gasteiger partial charge in [0, 0.05) is 22.8 Å². The molecule has 0 aliphatic carbocycles. The summed E-state index contributed by atoms with van der Waals surface area (Å²) in [5.41, 5.74) is 19.8. The summed E-state index contributed by atoms with van der Waals surface area (Å²) in [6, 6.07) is 42.0. The molecular formula is C72H96Al2B2N4O6. The van der Waals surface area contributed by atoms with Crippen LogP contribution < -0.4 is 18.7 Å². The van der Waals surface area contributed by atoms with Gasteiger partial charge in [-0.15, -0.1) is 0 Å². The van der Waals surface area contributed by atoms with Crippen LogP contribution in [0, 0.1) is 0 Å². The van der Waals surface area contributed by atoms with Crippen LogP contribution in [0.2, 0.25) is 0 Å². The van der Waals surface area contributed by atoms with E-state index in [4.69, 9.17) is 24.8 Å². The van der Waals surface area contributed by atoms with Gasteiger partial charge in [-0.2, -0.15) is 0 Å². The van der Waals surface area contributed by atoms with Crippen LogP contribution in [0.25, 0.3) is 0 Å². The fourth-order valence-corrected chi connectivity index (χ4v) is 16.1. The third-order valence-corrected chi connectivity index (χ3v) is 20.3. The second-order valence-electron chi connectivity index (χ2n) is 25.8. The molecule has 0 amide bonds. The van der Waals surface area contributed by atoms with Gasteiger partial charge in [0.2, 0.25) is 0 Å². The van der Waals surface area contributed by atoms with Crippen molar-refractivity contribution in [2.45, 2.75) is 199 Å². The minimum Gasteiger partial charge on any atom is -0.500 e. The molecule has 7 rings (SSSR count). The topological polar surface area (TPSA) is 109 Å². The number of rotatable bonds is 22. The molecule has 2 N–H and O–H groups in total. The highest BCUT2D eigenvalue weighted by Gasteiger charge is 2.55. The van der Waals surface area contributed by atoms with Gasteiger partial charge in [0.25, 0.3) is 0 Å². The third-order valence-electron chi connectivity index (χ3n) is 16.2. The Morgan fingerprint density at radius 3 is 0.884 bits per heavy atom. The molecule has 1 saturated heterocycles. The zero-order valence-corrected chi connectivity index (χ0v) is 57.7. The number of hydrogen-bond donors (Lipinski definition) is 2. The molecule has 0 spiro atoms. The van der Waals surface area contributed by atoms with Crippen molar-refractivity contribution in [3.05, 3.63) is 201 Å². The van der Waals surface area contributed by atoms with Crippen molar-refractivity contribution in [3.63, 3.8) is 0 Å². The fourth-order valence-electron chi connectivity index (χ4n) is 11.7. The number of benzene rings is 6. The van der Waals surface area contributed by atoms with Crippen LogP contribution in [0.5, 0.6) is 0 Å². The zero-order valence-electron chi connectivity index (χ0n) is 55.4. The number of allylic oxidation sites excluding steroid dienone is 4. The molecule has 0 radical (unpaired) electrons. The minimum atomic E-state index is -3.43. The number of anilines is 2. The number of aliphatic hydroxyl groups excluding tert-OH is 2. The van der Waals surface area contributed by atoms with E-state index in [0.717, 1.165) is 89.9 Å². The van der Waals surface area contributed by atoms with Crippen LogP contribution in [0.1, 0.15) is 241 Å². The standard InChI is InChI=1S/2C29H41N2.2C7H7BO3.2Al/c2*1-18(2)24-13-11-14-25(19(3)4)28(24)30-22(9)17-23(10)31-29-26(20(5)6)15-12-16-27(29)21(7)8;2*9-5-6-2-1-3-7(4-6)8(10)11;;/h2*11-21H,1-10H3;2*1-4,9H,5H2;;/q2*-1;2*-2;2*+3/b2*22-17+,31-23?;;;;. The Labute approximate surface area is 528 Å². The first kappa shape index (κ1) is 68.2. The summed E-state index contributed by atoms with van der Waals surface area (Å²) in [5, 5.41) is 21.6. The summed E-state index contributed by atoms with van der Waals surface area (Å²) in [7, 11) is -2.09. The average Bonchev–Trinajstić information content (AvgIpc) is 1.03. The van der Waals surface area contributed by atoms with Crippen LogP contribution in [0.3, 0.4) is 0 Å². The van der Waals surface area contributed by atoms with Crippen LogP contribution in [-0.2, 0) is 28.0 Å². The molecule has 6 aromatic rings. The van der Waals surface area contributed by atoms with Gasteiger partial charge in [0.1, 0.15) is 0 Å². The molecule has 86 heavy (non-hydrogen) atoms. The van der Waals surface area contributed by atoms with E-state index < -0.39 is 44.3 Å². The predicted molar refractivity (Wildman–Crippen MR) is 368 cm³/mol. The normalized spacial score (nSPS) is 14.4. The first-order valence-electron chi connectivity index (χ1n) is 31.4. The molecule has 6 aromatic carbocycles. The highest BCUT2D eigenvalue weighted by Crippen LogP contribution is 2.43. The Kier molecular flexibility index (Phi) is 24.4. The van der Waals surface area contributed by atoms with Crippen molar-refractivity contribution in [3.8, 4) is 0 Å². The molecule has 0 aromatic heterocycles. The maximum absolute atomic E-state index is 10.8. The summed E-state index contributed by atoms with van der Waals surface area (Å²) >= 11 is -6.87. The molecule has 452 valence electrons. The van der Waals surface area contributed by atoms with E-state index in [0.29, 0.717) is 0 Å². The number of aliphatic imine (C=N–C) groups is 2. The quantitative estimate of drug-likeness (QED) is 0.0511. The predicted octanol–water partition coefficient (Wildman–Crippen LogP) is 17.2. The van der Waals surface area contributed by atoms with E-state index in [2.05, 4.69) is 231 Å². The van der Waals surface area contributed by atoms with Crippen molar-refractivity contribution in [2.24, 2.45) is 9.98 Å². The Morgan fingerprint density at radius 1 is 0.395 bits per heavy atom. The van der Waals surface area contributed by atoms with E-state index in [1.54, 1.807) is 0 Å². The summed E-state index contributed by atoms with van der Waals surface area (Å²) in [4.78, 5) is 11.0. The molecule has 1 aliphatic heterocycles. The largest absolute Gasteiger partial charge is 0.826 e.